The van der Waals surface area contributed by atoms with Gasteiger partial charge in [0, 0.05) is 13.6 Å². The van der Waals surface area contributed by atoms with Crippen LogP contribution in [0.2, 0.25) is 0 Å². The zero-order valence-corrected chi connectivity index (χ0v) is 25.4. The largest absolute Gasteiger partial charge is 0.489 e. The van der Waals surface area contributed by atoms with Crippen molar-refractivity contribution in [2.24, 2.45) is 0 Å². The molecule has 1 fully saturated rings. The number of unbranched alkanes of at least 4 members (excludes halogenated alkanes) is 3. The van der Waals surface area contributed by atoms with E-state index in [0.29, 0.717) is 18.1 Å². The van der Waals surface area contributed by atoms with Crippen LogP contribution in [0.5, 0.6) is 11.5 Å². The lowest BCUT2D eigenvalue weighted by Crippen LogP contribution is -2.42. The molecule has 1 unspecified atom stereocenters. The summed E-state index contributed by atoms with van der Waals surface area (Å²) in [5.41, 5.74) is 6.89. The van der Waals surface area contributed by atoms with E-state index in [1.807, 2.05) is 24.3 Å². The molecule has 2 aromatic rings. The molecule has 220 valence electrons. The van der Waals surface area contributed by atoms with Crippen LogP contribution in [0.4, 0.5) is 9.59 Å². The molecular formula is C32H40N2O6S. The summed E-state index contributed by atoms with van der Waals surface area (Å²) in [6.07, 6.45) is 7.61. The summed E-state index contributed by atoms with van der Waals surface area (Å²) in [6, 6.07) is 7.50. The maximum Gasteiger partial charge on any atom is 0.404 e. The molecule has 2 N–H and O–H groups in total. The van der Waals surface area contributed by atoms with Gasteiger partial charge in [-0.1, -0.05) is 25.0 Å². The molecule has 1 saturated heterocycles. The highest BCUT2D eigenvalue weighted by molar-refractivity contribution is 8.18. The SMILES string of the molecule is Cc1c(C)c2c(c(C)c1CCCCCCNC(=O)O)CCC(C)(COc1ccc(C=C3SC(=O)N(C)C3=O)cc1)O2. The number of amides is 3. The van der Waals surface area contributed by atoms with E-state index in [1.165, 1.54) is 34.9 Å². The maximum absolute atomic E-state index is 12.1. The van der Waals surface area contributed by atoms with Gasteiger partial charge >= 0.3 is 6.09 Å². The lowest BCUT2D eigenvalue weighted by Gasteiger charge is -2.38. The smallest absolute Gasteiger partial charge is 0.404 e. The third-order valence-electron chi connectivity index (χ3n) is 8.13. The second-order valence-electron chi connectivity index (χ2n) is 11.2. The van der Waals surface area contributed by atoms with E-state index < -0.39 is 11.7 Å². The van der Waals surface area contributed by atoms with Crippen molar-refractivity contribution in [2.75, 3.05) is 20.2 Å². The normalized spacial score (nSPS) is 19.3. The Kier molecular flexibility index (Phi) is 9.68. The summed E-state index contributed by atoms with van der Waals surface area (Å²) in [5.74, 6) is 1.43. The van der Waals surface area contributed by atoms with Crippen molar-refractivity contribution in [1.82, 2.24) is 10.2 Å². The van der Waals surface area contributed by atoms with Crippen molar-refractivity contribution in [3.05, 3.63) is 62.6 Å². The molecule has 9 heteroatoms. The van der Waals surface area contributed by atoms with E-state index in [4.69, 9.17) is 14.6 Å². The first-order chi connectivity index (χ1) is 19.5. The Balaban J connectivity index is 1.35. The number of nitrogens with zero attached hydrogens (tertiary/aromatic N) is 1. The van der Waals surface area contributed by atoms with Crippen molar-refractivity contribution >= 4 is 35.1 Å². The Hall–Kier alpha value is -3.46. The Morgan fingerprint density at radius 1 is 1.10 bits per heavy atom. The number of imide groups is 1. The number of nitrogens with one attached hydrogen (secondary N) is 1. The number of fused-ring (bicyclic) bond motifs is 1. The van der Waals surface area contributed by atoms with Crippen LogP contribution < -0.4 is 14.8 Å². The Morgan fingerprint density at radius 3 is 2.46 bits per heavy atom. The van der Waals surface area contributed by atoms with E-state index in [1.54, 1.807) is 6.08 Å². The molecule has 2 aliphatic heterocycles. The molecule has 0 radical (unpaired) electrons. The number of thioether (sulfide) groups is 1. The minimum absolute atomic E-state index is 0.264. The third kappa shape index (κ3) is 7.25. The lowest BCUT2D eigenvalue weighted by atomic mass is 9.84. The fraction of sp³-hybridized carbons (Fsp3) is 0.469. The molecule has 4 rings (SSSR count). The van der Waals surface area contributed by atoms with Gasteiger partial charge in [0.05, 0.1) is 4.91 Å². The molecule has 0 spiro atoms. The summed E-state index contributed by atoms with van der Waals surface area (Å²) in [7, 11) is 1.49. The standard InChI is InChI=1S/C32H40N2O6S/c1-20-21(2)28-26(22(3)25(20)10-8-6-7-9-17-33-30(36)37)15-16-32(4,40-28)19-39-24-13-11-23(12-14-24)18-27-29(35)34(5)31(38)41-27/h11-14,18,33H,6-10,15-17,19H2,1-5H3,(H,36,37). The van der Waals surface area contributed by atoms with Gasteiger partial charge in [-0.2, -0.15) is 0 Å². The minimum Gasteiger partial charge on any atom is -0.489 e. The summed E-state index contributed by atoms with van der Waals surface area (Å²) >= 11 is 0.948. The molecule has 2 heterocycles. The van der Waals surface area contributed by atoms with Gasteiger partial charge in [-0.25, -0.2) is 4.79 Å². The van der Waals surface area contributed by atoms with Crippen molar-refractivity contribution in [3.8, 4) is 11.5 Å². The first-order valence-corrected chi connectivity index (χ1v) is 15.0. The van der Waals surface area contributed by atoms with Crippen molar-refractivity contribution in [2.45, 2.75) is 78.2 Å². The van der Waals surface area contributed by atoms with Gasteiger partial charge in [0.25, 0.3) is 11.1 Å². The highest BCUT2D eigenvalue weighted by atomic mass is 32.2. The molecule has 2 aromatic carbocycles. The molecular weight excluding hydrogens is 540 g/mol. The summed E-state index contributed by atoms with van der Waals surface area (Å²) < 4.78 is 12.8. The molecule has 2 aliphatic rings. The van der Waals surface area contributed by atoms with Gasteiger partial charge in [0.2, 0.25) is 0 Å². The average molecular weight is 581 g/mol. The van der Waals surface area contributed by atoms with Crippen molar-refractivity contribution in [1.29, 1.82) is 0 Å². The van der Waals surface area contributed by atoms with E-state index in [0.717, 1.165) is 78.7 Å². The number of carbonyl (C=O) groups excluding carboxylic acids is 2. The number of rotatable bonds is 11. The van der Waals surface area contributed by atoms with Gasteiger partial charge in [-0.15, -0.1) is 0 Å². The number of benzene rings is 2. The van der Waals surface area contributed by atoms with Gasteiger partial charge in [0.1, 0.15) is 23.7 Å². The van der Waals surface area contributed by atoms with Gasteiger partial charge in [-0.05, 0) is 123 Å². The van der Waals surface area contributed by atoms with Crippen LogP contribution >= 0.6 is 11.8 Å². The number of ether oxygens (including phenoxy) is 2. The van der Waals surface area contributed by atoms with Crippen LogP contribution in [0, 0.1) is 20.8 Å². The monoisotopic (exact) mass is 580 g/mol. The second kappa shape index (κ2) is 13.0. The van der Waals surface area contributed by atoms with E-state index in [2.05, 4.69) is 33.0 Å². The highest BCUT2D eigenvalue weighted by Gasteiger charge is 2.35. The van der Waals surface area contributed by atoms with Crippen LogP contribution in [-0.2, 0) is 17.6 Å². The Labute approximate surface area is 246 Å². The summed E-state index contributed by atoms with van der Waals surface area (Å²) in [6.45, 7) is 9.56. The number of likely N-dealkylation sites (N-methyl/N-ethyl adjacent to an activating group) is 1. The van der Waals surface area contributed by atoms with Crippen LogP contribution in [0.3, 0.4) is 0 Å². The molecule has 41 heavy (non-hydrogen) atoms. The Bertz CT molecular complexity index is 1350. The van der Waals surface area contributed by atoms with Crippen LogP contribution in [-0.4, -0.2) is 53.0 Å². The van der Waals surface area contributed by atoms with Crippen molar-refractivity contribution in [3.63, 3.8) is 0 Å². The van der Waals surface area contributed by atoms with Gasteiger partial charge < -0.3 is 19.9 Å². The zero-order chi connectivity index (χ0) is 29.7. The third-order valence-corrected chi connectivity index (χ3v) is 9.09. The van der Waals surface area contributed by atoms with Crippen LogP contribution in [0.25, 0.3) is 6.08 Å². The fourth-order valence-electron chi connectivity index (χ4n) is 5.43. The highest BCUT2D eigenvalue weighted by Crippen LogP contribution is 2.41. The average Bonchev–Trinajstić information content (AvgIpc) is 3.18. The number of carboxylic acid groups (broad SMARTS) is 1. The predicted molar refractivity (Wildman–Crippen MR) is 162 cm³/mol. The first-order valence-electron chi connectivity index (χ1n) is 14.2. The van der Waals surface area contributed by atoms with Crippen LogP contribution in [0.15, 0.2) is 29.2 Å². The molecule has 0 aromatic heterocycles. The van der Waals surface area contributed by atoms with Crippen molar-refractivity contribution < 1.29 is 29.0 Å². The second-order valence-corrected chi connectivity index (χ2v) is 12.2. The number of hydrogen-bond donors (Lipinski definition) is 2. The zero-order valence-electron chi connectivity index (χ0n) is 24.6. The molecule has 0 saturated carbocycles. The summed E-state index contributed by atoms with van der Waals surface area (Å²) in [4.78, 5) is 36.0. The Morgan fingerprint density at radius 2 is 1.80 bits per heavy atom. The number of hydrogen-bond acceptors (Lipinski definition) is 6. The lowest BCUT2D eigenvalue weighted by molar-refractivity contribution is -0.121. The quantitative estimate of drug-likeness (QED) is 0.222. The minimum atomic E-state index is -0.958. The van der Waals surface area contributed by atoms with E-state index in [9.17, 15) is 14.4 Å². The van der Waals surface area contributed by atoms with E-state index >= 15 is 0 Å². The topological polar surface area (TPSA) is 105 Å². The maximum atomic E-state index is 12.1. The van der Waals surface area contributed by atoms with Gasteiger partial charge in [0.15, 0.2) is 0 Å². The van der Waals surface area contributed by atoms with Crippen LogP contribution in [0.1, 0.15) is 72.4 Å². The predicted octanol–water partition coefficient (Wildman–Crippen LogP) is 6.81. The van der Waals surface area contributed by atoms with E-state index in [-0.39, 0.29) is 11.1 Å². The molecule has 8 nitrogen and oxygen atoms in total. The van der Waals surface area contributed by atoms with Gasteiger partial charge in [-0.3, -0.25) is 14.5 Å². The number of carbonyl (C=O) groups is 3. The first kappa shape index (κ1) is 30.5. The molecule has 0 bridgehead atoms. The summed E-state index contributed by atoms with van der Waals surface area (Å²) in [5, 5.41) is 10.8. The molecule has 3 amide bonds. The molecule has 1 atom stereocenters. The molecule has 0 aliphatic carbocycles. The fourth-order valence-corrected chi connectivity index (χ4v) is 6.26.